The highest BCUT2D eigenvalue weighted by molar-refractivity contribution is 5.78. The average Bonchev–Trinajstić information content (AvgIpc) is 3.40. The molecule has 1 aromatic carbocycles. The summed E-state index contributed by atoms with van der Waals surface area (Å²) < 4.78 is 2.31. The van der Waals surface area contributed by atoms with E-state index in [9.17, 15) is 9.59 Å². The first-order valence-corrected chi connectivity index (χ1v) is 13.4. The molecule has 0 atom stereocenters. The number of aromatic nitrogens is 3. The molecule has 0 radical (unpaired) electrons. The summed E-state index contributed by atoms with van der Waals surface area (Å²) >= 11 is 0. The summed E-state index contributed by atoms with van der Waals surface area (Å²) in [4.78, 5) is 37.8. The lowest BCUT2D eigenvalue weighted by molar-refractivity contribution is -0.136. The first-order chi connectivity index (χ1) is 17.2. The van der Waals surface area contributed by atoms with Gasteiger partial charge in [-0.25, -0.2) is 4.98 Å². The molecule has 2 aromatic heterocycles. The van der Waals surface area contributed by atoms with Gasteiger partial charge < -0.3 is 14.5 Å². The van der Waals surface area contributed by atoms with Crippen LogP contribution in [0.15, 0.2) is 53.6 Å². The number of nitrogens with zero attached hydrogens (tertiary/aromatic N) is 4. The van der Waals surface area contributed by atoms with Crippen LogP contribution in [0.2, 0.25) is 0 Å². The van der Waals surface area contributed by atoms with Crippen LogP contribution in [0.5, 0.6) is 0 Å². The minimum atomic E-state index is -0.117. The van der Waals surface area contributed by atoms with Gasteiger partial charge in [0, 0.05) is 38.6 Å². The maximum absolute atomic E-state index is 13.5. The molecule has 2 aliphatic rings. The Morgan fingerprint density at radius 1 is 1.03 bits per heavy atom. The van der Waals surface area contributed by atoms with Crippen LogP contribution in [0, 0.1) is 11.3 Å². The SMILES string of the molecule is CC(C)(C)C1CCC(CC(=O)N2CCN(Cc3nc4ccccc4c(=O)[nH]3)CC2)(n2cccc2)CC1. The van der Waals surface area contributed by atoms with Crippen molar-refractivity contribution >= 4 is 16.8 Å². The van der Waals surface area contributed by atoms with Crippen molar-refractivity contribution in [2.24, 2.45) is 11.3 Å². The highest BCUT2D eigenvalue weighted by Crippen LogP contribution is 2.46. The first-order valence-electron chi connectivity index (χ1n) is 13.4. The van der Waals surface area contributed by atoms with Gasteiger partial charge in [0.2, 0.25) is 5.91 Å². The van der Waals surface area contributed by atoms with Gasteiger partial charge >= 0.3 is 0 Å². The quantitative estimate of drug-likeness (QED) is 0.577. The Morgan fingerprint density at radius 2 is 1.69 bits per heavy atom. The Labute approximate surface area is 213 Å². The second-order valence-electron chi connectivity index (χ2n) is 11.8. The molecule has 36 heavy (non-hydrogen) atoms. The van der Waals surface area contributed by atoms with Crippen molar-refractivity contribution in [1.29, 1.82) is 0 Å². The maximum Gasteiger partial charge on any atom is 0.258 e. The van der Waals surface area contributed by atoms with E-state index in [1.807, 2.05) is 23.1 Å². The number of piperazine rings is 1. The predicted octanol–water partition coefficient (Wildman–Crippen LogP) is 4.39. The number of hydrogen-bond acceptors (Lipinski definition) is 4. The lowest BCUT2D eigenvalue weighted by Gasteiger charge is -2.46. The Kier molecular flexibility index (Phi) is 6.77. The van der Waals surface area contributed by atoms with Gasteiger partial charge in [0.05, 0.1) is 29.4 Å². The Hall–Kier alpha value is -2.93. The van der Waals surface area contributed by atoms with Crippen molar-refractivity contribution in [3.05, 3.63) is 65.0 Å². The third kappa shape index (κ3) is 5.12. The van der Waals surface area contributed by atoms with Crippen LogP contribution >= 0.6 is 0 Å². The number of aromatic amines is 1. The van der Waals surface area contributed by atoms with Crippen LogP contribution in [-0.2, 0) is 16.9 Å². The molecule has 1 N–H and O–H groups in total. The van der Waals surface area contributed by atoms with Crippen LogP contribution in [0.25, 0.3) is 10.9 Å². The molecule has 3 aromatic rings. The molecule has 0 bridgehead atoms. The summed E-state index contributed by atoms with van der Waals surface area (Å²) in [6.45, 7) is 10.6. The molecule has 3 heterocycles. The van der Waals surface area contributed by atoms with Crippen molar-refractivity contribution in [3.63, 3.8) is 0 Å². The second-order valence-corrected chi connectivity index (χ2v) is 11.8. The largest absolute Gasteiger partial charge is 0.348 e. The Balaban J connectivity index is 1.21. The zero-order chi connectivity index (χ0) is 25.3. The number of hydrogen-bond donors (Lipinski definition) is 1. The van der Waals surface area contributed by atoms with E-state index in [2.05, 4.69) is 64.7 Å². The molecule has 7 nitrogen and oxygen atoms in total. The van der Waals surface area contributed by atoms with Gasteiger partial charge in [0.25, 0.3) is 5.56 Å². The second kappa shape index (κ2) is 9.85. The molecule has 7 heteroatoms. The van der Waals surface area contributed by atoms with Crippen LogP contribution in [0.4, 0.5) is 0 Å². The van der Waals surface area contributed by atoms with Crippen LogP contribution in [-0.4, -0.2) is 56.4 Å². The molecular formula is C29H39N5O2. The smallest absolute Gasteiger partial charge is 0.258 e. The molecular weight excluding hydrogens is 450 g/mol. The molecule has 5 rings (SSSR count). The van der Waals surface area contributed by atoms with Crippen LogP contribution in [0.3, 0.4) is 0 Å². The highest BCUT2D eigenvalue weighted by atomic mass is 16.2. The minimum absolute atomic E-state index is 0.0964. The zero-order valence-electron chi connectivity index (χ0n) is 21.9. The van der Waals surface area contributed by atoms with Crippen molar-refractivity contribution < 1.29 is 4.79 Å². The molecule has 1 saturated heterocycles. The summed E-state index contributed by atoms with van der Waals surface area (Å²) in [5, 5.41) is 0.616. The summed E-state index contributed by atoms with van der Waals surface area (Å²) in [7, 11) is 0. The van der Waals surface area contributed by atoms with Crippen molar-refractivity contribution in [1.82, 2.24) is 24.3 Å². The van der Waals surface area contributed by atoms with Gasteiger partial charge in [-0.1, -0.05) is 32.9 Å². The summed E-state index contributed by atoms with van der Waals surface area (Å²) in [6, 6.07) is 11.6. The van der Waals surface area contributed by atoms with Gasteiger partial charge in [-0.05, 0) is 61.3 Å². The van der Waals surface area contributed by atoms with Gasteiger partial charge in [-0.15, -0.1) is 0 Å². The van der Waals surface area contributed by atoms with Crippen LogP contribution in [0.1, 0.15) is 58.7 Å². The van der Waals surface area contributed by atoms with E-state index in [0.717, 1.165) is 31.4 Å². The van der Waals surface area contributed by atoms with E-state index in [4.69, 9.17) is 0 Å². The van der Waals surface area contributed by atoms with Gasteiger partial charge in [-0.2, -0.15) is 0 Å². The Morgan fingerprint density at radius 3 is 2.36 bits per heavy atom. The third-order valence-corrected chi connectivity index (χ3v) is 8.53. The number of nitrogens with one attached hydrogen (secondary N) is 1. The first kappa shape index (κ1) is 24.8. The number of amides is 1. The number of benzene rings is 1. The van der Waals surface area contributed by atoms with Gasteiger partial charge in [0.15, 0.2) is 0 Å². The number of para-hydroxylation sites is 1. The van der Waals surface area contributed by atoms with E-state index in [0.29, 0.717) is 48.6 Å². The minimum Gasteiger partial charge on any atom is -0.348 e. The van der Waals surface area contributed by atoms with E-state index >= 15 is 0 Å². The molecule has 1 amide bonds. The van der Waals surface area contributed by atoms with Crippen molar-refractivity contribution in [3.8, 4) is 0 Å². The number of H-pyrrole nitrogens is 1. The zero-order valence-corrected chi connectivity index (χ0v) is 21.9. The fourth-order valence-corrected chi connectivity index (χ4v) is 6.17. The molecule has 192 valence electrons. The molecule has 1 aliphatic carbocycles. The fourth-order valence-electron chi connectivity index (χ4n) is 6.17. The van der Waals surface area contributed by atoms with Gasteiger partial charge in [0.1, 0.15) is 5.82 Å². The fraction of sp³-hybridized carbons (Fsp3) is 0.552. The standard InChI is InChI=1S/C29H39N5O2/c1-28(2,3)22-10-12-29(13-11-22,34-14-6-7-15-34)20-26(35)33-18-16-32(17-19-33)21-25-30-24-9-5-4-8-23(24)27(36)31-25/h4-9,14-15,22H,10-13,16-21H2,1-3H3,(H,30,31,36). The van der Waals surface area contributed by atoms with E-state index in [1.165, 1.54) is 12.8 Å². The predicted molar refractivity (Wildman–Crippen MR) is 143 cm³/mol. The van der Waals surface area contributed by atoms with Crippen LogP contribution < -0.4 is 5.56 Å². The molecule has 1 saturated carbocycles. The highest BCUT2D eigenvalue weighted by Gasteiger charge is 2.42. The third-order valence-electron chi connectivity index (χ3n) is 8.53. The molecule has 0 unspecified atom stereocenters. The van der Waals surface area contributed by atoms with Gasteiger partial charge in [-0.3, -0.25) is 14.5 Å². The maximum atomic E-state index is 13.5. The molecule has 2 fully saturated rings. The van der Waals surface area contributed by atoms with E-state index < -0.39 is 0 Å². The summed E-state index contributed by atoms with van der Waals surface area (Å²) in [5.41, 5.74) is 0.823. The van der Waals surface area contributed by atoms with E-state index in [-0.39, 0.29) is 17.0 Å². The van der Waals surface area contributed by atoms with Crippen molar-refractivity contribution in [2.45, 2.75) is 65.0 Å². The number of carbonyl (C=O) groups excluding carboxylic acids is 1. The molecule has 1 aliphatic heterocycles. The number of rotatable bonds is 5. The monoisotopic (exact) mass is 489 g/mol. The number of carbonyl (C=O) groups is 1. The average molecular weight is 490 g/mol. The lowest BCUT2D eigenvalue weighted by Crippen LogP contribution is -2.51. The summed E-state index contributed by atoms with van der Waals surface area (Å²) in [6.07, 6.45) is 9.28. The Bertz CT molecular complexity index is 1240. The topological polar surface area (TPSA) is 74.2 Å². The van der Waals surface area contributed by atoms with Crippen molar-refractivity contribution in [2.75, 3.05) is 26.2 Å². The summed E-state index contributed by atoms with van der Waals surface area (Å²) in [5.74, 6) is 1.64. The van der Waals surface area contributed by atoms with E-state index in [1.54, 1.807) is 6.07 Å². The molecule has 0 spiro atoms. The normalized spacial score (nSPS) is 23.8. The lowest BCUT2D eigenvalue weighted by atomic mass is 9.66. The number of fused-ring (bicyclic) bond motifs is 1.